The number of fused-ring (bicyclic) bond motifs is 1. The van der Waals surface area contributed by atoms with Crippen molar-refractivity contribution in [2.45, 2.75) is 13.8 Å². The molecule has 0 amide bonds. The van der Waals surface area contributed by atoms with E-state index in [9.17, 15) is 9.59 Å². The Balaban J connectivity index is 2.90. The van der Waals surface area contributed by atoms with Crippen LogP contribution in [0.4, 0.5) is 0 Å². The molecular formula is C13H12O4. The normalized spacial score (nSPS) is 10.5. The van der Waals surface area contributed by atoms with Crippen LogP contribution in [0.2, 0.25) is 0 Å². The van der Waals surface area contributed by atoms with E-state index in [0.29, 0.717) is 27.8 Å². The molecule has 1 aromatic heterocycles. The van der Waals surface area contributed by atoms with Crippen molar-refractivity contribution in [2.24, 2.45) is 0 Å². The van der Waals surface area contributed by atoms with Gasteiger partial charge < -0.3 is 9.15 Å². The minimum absolute atomic E-state index is 0.110. The number of carbonyl (C=O) groups is 2. The molecule has 0 atom stereocenters. The summed E-state index contributed by atoms with van der Waals surface area (Å²) in [7, 11) is 1.47. The lowest BCUT2D eigenvalue weighted by molar-refractivity contribution is 0.101. The highest BCUT2D eigenvalue weighted by Crippen LogP contribution is 2.33. The van der Waals surface area contributed by atoms with Gasteiger partial charge in [0.15, 0.2) is 22.9 Å². The van der Waals surface area contributed by atoms with Gasteiger partial charge in [0.1, 0.15) is 0 Å². The van der Waals surface area contributed by atoms with Crippen molar-refractivity contribution in [2.75, 3.05) is 7.11 Å². The van der Waals surface area contributed by atoms with Crippen molar-refractivity contribution >= 4 is 22.5 Å². The first kappa shape index (κ1) is 11.4. The molecule has 0 spiro atoms. The summed E-state index contributed by atoms with van der Waals surface area (Å²) in [5.41, 5.74) is 1.27. The molecule has 4 heteroatoms. The zero-order chi connectivity index (χ0) is 12.6. The lowest BCUT2D eigenvalue weighted by atomic mass is 10.0. The molecule has 0 radical (unpaired) electrons. The molecule has 17 heavy (non-hydrogen) atoms. The van der Waals surface area contributed by atoms with Crippen LogP contribution >= 0.6 is 0 Å². The summed E-state index contributed by atoms with van der Waals surface area (Å²) in [4.78, 5) is 23.1. The molecule has 1 aromatic carbocycles. The summed E-state index contributed by atoms with van der Waals surface area (Å²) >= 11 is 0. The van der Waals surface area contributed by atoms with Crippen LogP contribution in [0.1, 0.15) is 34.6 Å². The van der Waals surface area contributed by atoms with Gasteiger partial charge in [-0.25, -0.2) is 0 Å². The second-order valence-electron chi connectivity index (χ2n) is 3.78. The number of rotatable bonds is 3. The van der Waals surface area contributed by atoms with Crippen molar-refractivity contribution in [1.29, 1.82) is 0 Å². The maximum absolute atomic E-state index is 11.5. The van der Waals surface area contributed by atoms with Gasteiger partial charge in [-0.15, -0.1) is 0 Å². The van der Waals surface area contributed by atoms with Gasteiger partial charge in [-0.3, -0.25) is 9.59 Å². The fraction of sp³-hybridized carbons (Fsp3) is 0.231. The maximum atomic E-state index is 11.5. The number of ether oxygens (including phenoxy) is 1. The molecule has 0 saturated carbocycles. The van der Waals surface area contributed by atoms with Crippen LogP contribution in [-0.2, 0) is 0 Å². The number of furan rings is 1. The molecule has 1 heterocycles. The Labute approximate surface area is 98.2 Å². The first-order valence-corrected chi connectivity index (χ1v) is 5.16. The van der Waals surface area contributed by atoms with Crippen LogP contribution in [-0.4, -0.2) is 18.7 Å². The molecule has 0 aliphatic heterocycles. The van der Waals surface area contributed by atoms with E-state index in [0.717, 1.165) is 0 Å². The number of methoxy groups -OCH3 is 1. The van der Waals surface area contributed by atoms with Crippen molar-refractivity contribution in [1.82, 2.24) is 0 Å². The molecule has 88 valence electrons. The third-order valence-electron chi connectivity index (χ3n) is 2.66. The number of hydrogen-bond donors (Lipinski definition) is 0. The lowest BCUT2D eigenvalue weighted by Gasteiger charge is -2.08. The van der Waals surface area contributed by atoms with Crippen LogP contribution in [0, 0.1) is 0 Å². The number of carbonyl (C=O) groups excluding carboxylic acids is 2. The van der Waals surface area contributed by atoms with E-state index in [-0.39, 0.29) is 11.6 Å². The Kier molecular flexibility index (Phi) is 2.71. The van der Waals surface area contributed by atoms with Crippen molar-refractivity contribution in [3.05, 3.63) is 29.5 Å². The number of hydrogen-bond acceptors (Lipinski definition) is 4. The van der Waals surface area contributed by atoms with E-state index in [4.69, 9.17) is 9.15 Å². The first-order chi connectivity index (χ1) is 8.06. The molecule has 2 aromatic rings. The highest BCUT2D eigenvalue weighted by molar-refractivity contribution is 6.12. The standard InChI is InChI=1S/C13H12O4/c1-7(14)10-6-11(8(2)15)12(16-3)13-9(10)4-5-17-13/h4-6H,1-3H3. The monoisotopic (exact) mass is 232 g/mol. The minimum Gasteiger partial charge on any atom is -0.492 e. The molecule has 0 fully saturated rings. The highest BCUT2D eigenvalue weighted by atomic mass is 16.5. The summed E-state index contributed by atoms with van der Waals surface area (Å²) in [5, 5.41) is 0.666. The Hall–Kier alpha value is -2.10. The van der Waals surface area contributed by atoms with Crippen LogP contribution in [0.15, 0.2) is 22.8 Å². The Morgan fingerprint density at radius 3 is 2.35 bits per heavy atom. The molecular weight excluding hydrogens is 220 g/mol. The Morgan fingerprint density at radius 2 is 1.82 bits per heavy atom. The summed E-state index contributed by atoms with van der Waals surface area (Å²) in [5.74, 6) is 0.103. The van der Waals surface area contributed by atoms with Crippen LogP contribution in [0.25, 0.3) is 11.0 Å². The molecule has 2 rings (SSSR count). The number of benzene rings is 1. The summed E-state index contributed by atoms with van der Waals surface area (Å²) < 4.78 is 10.5. The van der Waals surface area contributed by atoms with E-state index >= 15 is 0 Å². The molecule has 0 unspecified atom stereocenters. The Bertz CT molecular complexity index is 607. The maximum Gasteiger partial charge on any atom is 0.177 e. The van der Waals surface area contributed by atoms with Gasteiger partial charge in [0.05, 0.1) is 18.9 Å². The average Bonchev–Trinajstić information content (AvgIpc) is 2.74. The van der Waals surface area contributed by atoms with Gasteiger partial charge >= 0.3 is 0 Å². The molecule has 4 nitrogen and oxygen atoms in total. The van der Waals surface area contributed by atoms with E-state index in [2.05, 4.69) is 0 Å². The van der Waals surface area contributed by atoms with Gasteiger partial charge in [-0.05, 0) is 26.0 Å². The van der Waals surface area contributed by atoms with Crippen molar-refractivity contribution < 1.29 is 18.7 Å². The van der Waals surface area contributed by atoms with Crippen LogP contribution < -0.4 is 4.74 Å². The fourth-order valence-corrected chi connectivity index (χ4v) is 1.86. The van der Waals surface area contributed by atoms with Crippen LogP contribution in [0.3, 0.4) is 0 Å². The van der Waals surface area contributed by atoms with E-state index in [1.54, 1.807) is 12.1 Å². The minimum atomic E-state index is -0.164. The third kappa shape index (κ3) is 1.71. The first-order valence-electron chi connectivity index (χ1n) is 5.16. The van der Waals surface area contributed by atoms with Crippen molar-refractivity contribution in [3.63, 3.8) is 0 Å². The summed E-state index contributed by atoms with van der Waals surface area (Å²) in [6.07, 6.45) is 1.48. The summed E-state index contributed by atoms with van der Waals surface area (Å²) in [6, 6.07) is 3.25. The smallest absolute Gasteiger partial charge is 0.177 e. The Morgan fingerprint density at radius 1 is 1.18 bits per heavy atom. The summed E-state index contributed by atoms with van der Waals surface area (Å²) in [6.45, 7) is 2.88. The van der Waals surface area contributed by atoms with Gasteiger partial charge in [-0.2, -0.15) is 0 Å². The van der Waals surface area contributed by atoms with Gasteiger partial charge in [0, 0.05) is 10.9 Å². The van der Waals surface area contributed by atoms with Crippen molar-refractivity contribution in [3.8, 4) is 5.75 Å². The van der Waals surface area contributed by atoms with E-state index in [1.165, 1.54) is 27.2 Å². The van der Waals surface area contributed by atoms with Gasteiger partial charge in [0.25, 0.3) is 0 Å². The number of ketones is 2. The fourth-order valence-electron chi connectivity index (χ4n) is 1.86. The third-order valence-corrected chi connectivity index (χ3v) is 2.66. The van der Waals surface area contributed by atoms with Gasteiger partial charge in [-0.1, -0.05) is 0 Å². The second-order valence-corrected chi connectivity index (χ2v) is 3.78. The predicted octanol–water partition coefficient (Wildman–Crippen LogP) is 2.85. The topological polar surface area (TPSA) is 56.5 Å². The molecule has 0 N–H and O–H groups in total. The largest absolute Gasteiger partial charge is 0.492 e. The van der Waals surface area contributed by atoms with Crippen LogP contribution in [0.5, 0.6) is 5.75 Å². The average molecular weight is 232 g/mol. The molecule has 0 bridgehead atoms. The number of Topliss-reactive ketones (excluding diaryl/α,β-unsaturated/α-hetero) is 2. The molecule has 0 aliphatic carbocycles. The SMILES string of the molecule is COc1c(C(C)=O)cc(C(C)=O)c2ccoc12. The second kappa shape index (κ2) is 4.05. The zero-order valence-corrected chi connectivity index (χ0v) is 9.87. The molecule has 0 saturated heterocycles. The van der Waals surface area contributed by atoms with Gasteiger partial charge in [0.2, 0.25) is 0 Å². The van der Waals surface area contributed by atoms with E-state index < -0.39 is 0 Å². The quantitative estimate of drug-likeness (QED) is 0.763. The van der Waals surface area contributed by atoms with E-state index in [1.807, 2.05) is 0 Å². The lowest BCUT2D eigenvalue weighted by Crippen LogP contribution is -2.02. The highest BCUT2D eigenvalue weighted by Gasteiger charge is 2.19. The molecule has 0 aliphatic rings. The zero-order valence-electron chi connectivity index (χ0n) is 9.87. The predicted molar refractivity (Wildman–Crippen MR) is 62.8 cm³/mol.